The second-order valence-corrected chi connectivity index (χ2v) is 5.90. The number of hydrogen-bond donors (Lipinski definition) is 1. The van der Waals surface area contributed by atoms with Crippen LogP contribution in [0.15, 0.2) is 47.9 Å². The maximum Gasteiger partial charge on any atom is 0.267 e. The highest BCUT2D eigenvalue weighted by molar-refractivity contribution is 6.05. The van der Waals surface area contributed by atoms with Gasteiger partial charge in [-0.25, -0.2) is 4.39 Å². The summed E-state index contributed by atoms with van der Waals surface area (Å²) in [7, 11) is 0. The highest BCUT2D eigenvalue weighted by Gasteiger charge is 2.42. The first kappa shape index (κ1) is 16.2. The van der Waals surface area contributed by atoms with Crippen molar-refractivity contribution in [3.05, 3.63) is 54.1 Å². The number of nitrogens with one attached hydrogen (secondary N) is 1. The first-order valence-corrected chi connectivity index (χ1v) is 7.84. The molecule has 126 valence electrons. The first-order chi connectivity index (χ1) is 11.6. The zero-order chi connectivity index (χ0) is 17.0. The van der Waals surface area contributed by atoms with Gasteiger partial charge in [-0.15, -0.1) is 0 Å². The summed E-state index contributed by atoms with van der Waals surface area (Å²) in [5, 5.41) is 10.9. The lowest BCUT2D eigenvalue weighted by molar-refractivity contribution is -0.141. The van der Waals surface area contributed by atoms with Crippen molar-refractivity contribution in [1.29, 1.82) is 0 Å². The average molecular weight is 330 g/mol. The van der Waals surface area contributed by atoms with E-state index in [0.29, 0.717) is 17.8 Å². The normalized spacial score (nSPS) is 19.7. The molecule has 24 heavy (non-hydrogen) atoms. The van der Waals surface area contributed by atoms with Crippen LogP contribution in [-0.2, 0) is 16.2 Å². The van der Waals surface area contributed by atoms with Gasteiger partial charge in [0.05, 0.1) is 5.71 Å². The summed E-state index contributed by atoms with van der Waals surface area (Å²) in [6.07, 6.45) is 4.58. The van der Waals surface area contributed by atoms with Gasteiger partial charge in [-0.2, -0.15) is 5.10 Å². The third-order valence-electron chi connectivity index (χ3n) is 3.94. The molecule has 1 atom stereocenters. The maximum atomic E-state index is 13.8. The number of hydrogen-bond acceptors (Lipinski definition) is 4. The summed E-state index contributed by atoms with van der Waals surface area (Å²) >= 11 is 0. The number of benzene rings is 1. The molecule has 1 N–H and O–H groups in total. The van der Waals surface area contributed by atoms with Gasteiger partial charge in [0.1, 0.15) is 5.82 Å². The monoisotopic (exact) mass is 330 g/mol. The number of aromatic nitrogens is 2. The van der Waals surface area contributed by atoms with Crippen molar-refractivity contribution in [3.8, 4) is 0 Å². The van der Waals surface area contributed by atoms with E-state index in [1.165, 1.54) is 6.07 Å². The molecule has 2 aromatic rings. The fraction of sp³-hybridized carbons (Fsp3) is 0.353. The van der Waals surface area contributed by atoms with E-state index < -0.39 is 5.60 Å². The van der Waals surface area contributed by atoms with Crippen molar-refractivity contribution in [2.45, 2.75) is 31.9 Å². The van der Waals surface area contributed by atoms with Crippen molar-refractivity contribution >= 4 is 11.6 Å². The van der Waals surface area contributed by atoms with Crippen molar-refractivity contribution in [1.82, 2.24) is 15.1 Å². The van der Waals surface area contributed by atoms with Gasteiger partial charge in [0.15, 0.2) is 0 Å². The topological polar surface area (TPSA) is 68.5 Å². The van der Waals surface area contributed by atoms with E-state index in [1.54, 1.807) is 36.0 Å². The minimum Gasteiger partial charge on any atom is -0.379 e. The minimum absolute atomic E-state index is 0.235. The molecule has 0 saturated heterocycles. The van der Waals surface area contributed by atoms with Crippen LogP contribution >= 0.6 is 0 Å². The van der Waals surface area contributed by atoms with Crippen molar-refractivity contribution < 1.29 is 14.0 Å². The lowest BCUT2D eigenvalue weighted by atomic mass is 9.95. The number of carbonyl (C=O) groups is 1. The van der Waals surface area contributed by atoms with E-state index in [4.69, 9.17) is 4.84 Å². The van der Waals surface area contributed by atoms with Gasteiger partial charge in [-0.05, 0) is 25.5 Å². The maximum absolute atomic E-state index is 13.8. The highest BCUT2D eigenvalue weighted by Crippen LogP contribution is 2.27. The summed E-state index contributed by atoms with van der Waals surface area (Å²) < 4.78 is 15.6. The largest absolute Gasteiger partial charge is 0.379 e. The minimum atomic E-state index is -1.11. The molecule has 0 bridgehead atoms. The molecule has 0 saturated carbocycles. The molecule has 3 rings (SSSR count). The molecule has 0 unspecified atom stereocenters. The number of aryl methyl sites for hydroxylation is 1. The fourth-order valence-electron chi connectivity index (χ4n) is 2.56. The summed E-state index contributed by atoms with van der Waals surface area (Å²) in [5.41, 5.74) is -0.293. The van der Waals surface area contributed by atoms with Crippen LogP contribution in [0.25, 0.3) is 0 Å². The second-order valence-electron chi connectivity index (χ2n) is 5.90. The summed E-state index contributed by atoms with van der Waals surface area (Å²) in [4.78, 5) is 17.7. The van der Waals surface area contributed by atoms with Gasteiger partial charge in [0.25, 0.3) is 5.91 Å². The summed E-state index contributed by atoms with van der Waals surface area (Å²) in [6, 6.07) is 8.19. The number of oxime groups is 1. The van der Waals surface area contributed by atoms with Crippen LogP contribution < -0.4 is 5.32 Å². The molecule has 1 aliphatic heterocycles. The molecule has 2 heterocycles. The number of nitrogens with zero attached hydrogens (tertiary/aromatic N) is 3. The Morgan fingerprint density at radius 2 is 2.25 bits per heavy atom. The zero-order valence-electron chi connectivity index (χ0n) is 13.4. The molecule has 1 amide bonds. The van der Waals surface area contributed by atoms with Gasteiger partial charge in [0, 0.05) is 37.5 Å². The van der Waals surface area contributed by atoms with Crippen LogP contribution in [0, 0.1) is 5.82 Å². The van der Waals surface area contributed by atoms with Gasteiger partial charge in [-0.1, -0.05) is 23.4 Å². The van der Waals surface area contributed by atoms with Crippen molar-refractivity contribution in [2.24, 2.45) is 5.16 Å². The lowest BCUT2D eigenvalue weighted by Crippen LogP contribution is -2.45. The van der Waals surface area contributed by atoms with E-state index in [-0.39, 0.29) is 18.1 Å². The molecule has 1 aromatic carbocycles. The SMILES string of the molecule is C[C@@]1(C(=O)NCCCn2cccn2)CC(c2ccccc2F)=NO1. The number of halogens is 1. The molecule has 0 radical (unpaired) electrons. The van der Waals surface area contributed by atoms with Crippen LogP contribution in [0.4, 0.5) is 4.39 Å². The molecule has 1 aromatic heterocycles. The smallest absolute Gasteiger partial charge is 0.267 e. The molecule has 0 spiro atoms. The molecular formula is C17H19FN4O2. The van der Waals surface area contributed by atoms with E-state index in [1.807, 2.05) is 12.3 Å². The highest BCUT2D eigenvalue weighted by atomic mass is 19.1. The molecular weight excluding hydrogens is 311 g/mol. The first-order valence-electron chi connectivity index (χ1n) is 7.84. The van der Waals surface area contributed by atoms with E-state index in [9.17, 15) is 9.18 Å². The number of carbonyl (C=O) groups excluding carboxylic acids is 1. The predicted molar refractivity (Wildman–Crippen MR) is 86.9 cm³/mol. The summed E-state index contributed by atoms with van der Waals surface area (Å²) in [5.74, 6) is -0.623. The number of rotatable bonds is 6. The second kappa shape index (κ2) is 6.82. The van der Waals surface area contributed by atoms with Gasteiger partial charge in [-0.3, -0.25) is 9.48 Å². The Morgan fingerprint density at radius 1 is 1.42 bits per heavy atom. The van der Waals surface area contributed by atoms with E-state index >= 15 is 0 Å². The Hall–Kier alpha value is -2.70. The Bertz CT molecular complexity index is 745. The zero-order valence-corrected chi connectivity index (χ0v) is 13.4. The average Bonchev–Trinajstić information content (AvgIpc) is 3.22. The predicted octanol–water partition coefficient (Wildman–Crippen LogP) is 2.11. The third-order valence-corrected chi connectivity index (χ3v) is 3.94. The molecule has 1 aliphatic rings. The molecule has 6 nitrogen and oxygen atoms in total. The standard InChI is InChI=1S/C17H19FN4O2/c1-17(16(23)19-8-4-10-22-11-5-9-20-22)12-15(21-24-17)13-6-2-3-7-14(13)18/h2-3,5-7,9,11H,4,8,10,12H2,1H3,(H,19,23)/t17-/m0/s1. The quantitative estimate of drug-likeness (QED) is 0.825. The van der Waals surface area contributed by atoms with E-state index in [2.05, 4.69) is 15.6 Å². The van der Waals surface area contributed by atoms with Gasteiger partial charge < -0.3 is 10.2 Å². The molecule has 0 aliphatic carbocycles. The molecule has 0 fully saturated rings. The van der Waals surface area contributed by atoms with Gasteiger partial charge >= 0.3 is 0 Å². The Balaban J connectivity index is 1.51. The molecule has 7 heteroatoms. The van der Waals surface area contributed by atoms with E-state index in [0.717, 1.165) is 13.0 Å². The third kappa shape index (κ3) is 3.45. The van der Waals surface area contributed by atoms with Crippen LogP contribution in [0.5, 0.6) is 0 Å². The summed E-state index contributed by atoms with van der Waals surface area (Å²) in [6.45, 7) is 2.89. The number of amides is 1. The van der Waals surface area contributed by atoms with Gasteiger partial charge in [0.2, 0.25) is 5.60 Å². The van der Waals surface area contributed by atoms with Crippen LogP contribution in [0.3, 0.4) is 0 Å². The van der Waals surface area contributed by atoms with Crippen LogP contribution in [0.2, 0.25) is 0 Å². The Kier molecular flexibility index (Phi) is 4.59. The Morgan fingerprint density at radius 3 is 3.00 bits per heavy atom. The fourth-order valence-corrected chi connectivity index (χ4v) is 2.56. The van der Waals surface area contributed by atoms with Crippen molar-refractivity contribution in [2.75, 3.05) is 6.54 Å². The lowest BCUT2D eigenvalue weighted by Gasteiger charge is -2.20. The van der Waals surface area contributed by atoms with Crippen molar-refractivity contribution in [3.63, 3.8) is 0 Å². The van der Waals surface area contributed by atoms with Crippen LogP contribution in [0.1, 0.15) is 25.3 Å². The Labute approximate surface area is 139 Å². The van der Waals surface area contributed by atoms with Crippen LogP contribution in [-0.4, -0.2) is 33.5 Å².